The van der Waals surface area contributed by atoms with Crippen molar-refractivity contribution >= 4 is 18.2 Å². The number of rotatable bonds is 12. The summed E-state index contributed by atoms with van der Waals surface area (Å²) in [4.78, 5) is 14.9. The standard InChI is InChI=1S/C25H33NO7.ClH/c1-29-22-9-6-19(15-24(22)31-3)21(28)7-4-18-5-8-23(30-2)25(14-18)33-17-20(27)16-26-10-12-32-13-11-26;/h5-6,8-9,14-15,20,27H,4,7,10-13,16-17H2,1-3H3;1H. The van der Waals surface area contributed by atoms with Crippen molar-refractivity contribution in [2.75, 3.05) is 60.8 Å². The zero-order valence-corrected chi connectivity index (χ0v) is 20.8. The lowest BCUT2D eigenvalue weighted by Gasteiger charge is -2.28. The van der Waals surface area contributed by atoms with Gasteiger partial charge in [0.2, 0.25) is 0 Å². The highest BCUT2D eigenvalue weighted by atomic mass is 35.5. The quantitative estimate of drug-likeness (QED) is 0.450. The lowest BCUT2D eigenvalue weighted by Crippen LogP contribution is -2.42. The van der Waals surface area contributed by atoms with Crippen LogP contribution in [0.5, 0.6) is 23.0 Å². The summed E-state index contributed by atoms with van der Waals surface area (Å²) in [6, 6.07) is 10.8. The van der Waals surface area contributed by atoms with Gasteiger partial charge in [-0.25, -0.2) is 0 Å². The molecule has 0 spiro atoms. The fourth-order valence-corrected chi connectivity index (χ4v) is 3.72. The Morgan fingerprint density at radius 1 is 0.971 bits per heavy atom. The summed E-state index contributed by atoms with van der Waals surface area (Å²) < 4.78 is 27.1. The molecular formula is C25H34ClNO7. The van der Waals surface area contributed by atoms with Gasteiger partial charge in [0.05, 0.1) is 34.5 Å². The van der Waals surface area contributed by atoms with Gasteiger partial charge in [-0.2, -0.15) is 0 Å². The van der Waals surface area contributed by atoms with Crippen molar-refractivity contribution < 1.29 is 33.6 Å². The van der Waals surface area contributed by atoms with Crippen LogP contribution in [0.4, 0.5) is 0 Å². The van der Waals surface area contributed by atoms with Crippen molar-refractivity contribution in [2.45, 2.75) is 18.9 Å². The maximum Gasteiger partial charge on any atom is 0.163 e. The molecule has 0 amide bonds. The highest BCUT2D eigenvalue weighted by Crippen LogP contribution is 2.30. The number of hydrogen-bond acceptors (Lipinski definition) is 8. The normalized spacial score (nSPS) is 14.6. The summed E-state index contributed by atoms with van der Waals surface area (Å²) >= 11 is 0. The second-order valence-electron chi connectivity index (χ2n) is 7.86. The molecule has 1 aliphatic rings. The van der Waals surface area contributed by atoms with Crippen molar-refractivity contribution in [3.63, 3.8) is 0 Å². The van der Waals surface area contributed by atoms with Gasteiger partial charge in [-0.15, -0.1) is 12.4 Å². The van der Waals surface area contributed by atoms with Crippen molar-refractivity contribution in [1.82, 2.24) is 4.90 Å². The molecule has 2 aromatic rings. The minimum Gasteiger partial charge on any atom is -0.493 e. The van der Waals surface area contributed by atoms with Gasteiger partial charge in [0.1, 0.15) is 12.7 Å². The maximum atomic E-state index is 12.7. The molecule has 1 saturated heterocycles. The van der Waals surface area contributed by atoms with Crippen LogP contribution >= 0.6 is 12.4 Å². The van der Waals surface area contributed by atoms with Crippen LogP contribution in [-0.2, 0) is 11.2 Å². The molecule has 1 atom stereocenters. The van der Waals surface area contributed by atoms with Crippen molar-refractivity contribution in [2.24, 2.45) is 0 Å². The number of aliphatic hydroxyl groups is 1. The number of nitrogens with zero attached hydrogens (tertiary/aromatic N) is 1. The van der Waals surface area contributed by atoms with Gasteiger partial charge < -0.3 is 28.8 Å². The van der Waals surface area contributed by atoms with Crippen LogP contribution < -0.4 is 18.9 Å². The van der Waals surface area contributed by atoms with Crippen LogP contribution in [0.25, 0.3) is 0 Å². The highest BCUT2D eigenvalue weighted by Gasteiger charge is 2.17. The molecule has 1 fully saturated rings. The van der Waals surface area contributed by atoms with Crippen molar-refractivity contribution in [1.29, 1.82) is 0 Å². The molecule has 8 nitrogen and oxygen atoms in total. The number of Topliss-reactive ketones (excluding diaryl/α,β-unsaturated/α-hetero) is 1. The maximum absolute atomic E-state index is 12.7. The molecule has 3 rings (SSSR count). The number of aliphatic hydroxyl groups excluding tert-OH is 1. The molecule has 0 radical (unpaired) electrons. The average Bonchev–Trinajstić information content (AvgIpc) is 2.86. The predicted octanol–water partition coefficient (Wildman–Crippen LogP) is 3.02. The van der Waals surface area contributed by atoms with E-state index in [4.69, 9.17) is 23.7 Å². The summed E-state index contributed by atoms with van der Waals surface area (Å²) in [7, 11) is 4.68. The van der Waals surface area contributed by atoms with E-state index in [0.29, 0.717) is 61.2 Å². The molecule has 1 N–H and O–H groups in total. The molecule has 0 aliphatic carbocycles. The van der Waals surface area contributed by atoms with E-state index in [0.717, 1.165) is 18.7 Å². The summed E-state index contributed by atoms with van der Waals surface area (Å²) in [5.74, 6) is 2.26. The lowest BCUT2D eigenvalue weighted by molar-refractivity contribution is 0.00444. The van der Waals surface area contributed by atoms with E-state index >= 15 is 0 Å². The van der Waals surface area contributed by atoms with E-state index < -0.39 is 6.10 Å². The third-order valence-electron chi connectivity index (χ3n) is 5.58. The smallest absolute Gasteiger partial charge is 0.163 e. The Hall–Kier alpha value is -2.52. The van der Waals surface area contributed by atoms with Crippen molar-refractivity contribution in [3.05, 3.63) is 47.5 Å². The van der Waals surface area contributed by atoms with Crippen LogP contribution in [0.3, 0.4) is 0 Å². The molecule has 188 valence electrons. The largest absolute Gasteiger partial charge is 0.493 e. The third-order valence-corrected chi connectivity index (χ3v) is 5.58. The first-order chi connectivity index (χ1) is 16.0. The number of ether oxygens (including phenoxy) is 5. The number of hydrogen-bond donors (Lipinski definition) is 1. The Labute approximate surface area is 207 Å². The van der Waals surface area contributed by atoms with Crippen LogP contribution in [-0.4, -0.2) is 82.7 Å². The fraction of sp³-hybridized carbons (Fsp3) is 0.480. The van der Waals surface area contributed by atoms with Crippen LogP contribution in [0.2, 0.25) is 0 Å². The zero-order valence-electron chi connectivity index (χ0n) is 20.0. The van der Waals surface area contributed by atoms with E-state index in [-0.39, 0.29) is 24.8 Å². The number of morpholine rings is 1. The minimum atomic E-state index is -0.622. The number of ketones is 1. The molecule has 1 unspecified atom stereocenters. The lowest BCUT2D eigenvalue weighted by atomic mass is 10.0. The Morgan fingerprint density at radius 2 is 1.62 bits per heavy atom. The molecule has 0 aromatic heterocycles. The number of carbonyl (C=O) groups is 1. The van der Waals surface area contributed by atoms with Crippen LogP contribution in [0.1, 0.15) is 22.3 Å². The second-order valence-corrected chi connectivity index (χ2v) is 7.86. The van der Waals surface area contributed by atoms with Gasteiger partial charge in [-0.1, -0.05) is 6.07 Å². The predicted molar refractivity (Wildman–Crippen MR) is 131 cm³/mol. The number of benzene rings is 2. The molecule has 2 aromatic carbocycles. The number of halogens is 1. The Kier molecular flexibility index (Phi) is 11.4. The summed E-state index contributed by atoms with van der Waals surface area (Å²) in [6.07, 6.45) is 0.258. The molecule has 34 heavy (non-hydrogen) atoms. The number of aryl methyl sites for hydroxylation is 1. The van der Waals surface area contributed by atoms with Gasteiger partial charge >= 0.3 is 0 Å². The molecule has 1 heterocycles. The van der Waals surface area contributed by atoms with E-state index in [9.17, 15) is 9.90 Å². The van der Waals surface area contributed by atoms with Gasteiger partial charge in [0.15, 0.2) is 28.8 Å². The first kappa shape index (κ1) is 27.7. The number of β-amino-alcohol motifs (C(OH)–C–C–N with tert-alkyl or cyclic N) is 1. The van der Waals surface area contributed by atoms with Crippen LogP contribution in [0.15, 0.2) is 36.4 Å². The van der Waals surface area contributed by atoms with Gasteiger partial charge in [-0.05, 0) is 42.3 Å². The number of carbonyl (C=O) groups excluding carboxylic acids is 1. The molecule has 1 aliphatic heterocycles. The molecule has 0 bridgehead atoms. The SMILES string of the molecule is COc1ccc(C(=O)CCc2ccc(OC)c(OCC(O)CN3CCOCC3)c2)cc1OC.Cl. The summed E-state index contributed by atoms with van der Waals surface area (Å²) in [5.41, 5.74) is 1.52. The van der Waals surface area contributed by atoms with E-state index in [1.807, 2.05) is 18.2 Å². The van der Waals surface area contributed by atoms with Gasteiger partial charge in [0.25, 0.3) is 0 Å². The van der Waals surface area contributed by atoms with Crippen molar-refractivity contribution in [3.8, 4) is 23.0 Å². The second kappa shape index (κ2) is 14.0. The molecule has 9 heteroatoms. The zero-order chi connectivity index (χ0) is 23.6. The molecular weight excluding hydrogens is 462 g/mol. The van der Waals surface area contributed by atoms with Crippen LogP contribution in [0, 0.1) is 0 Å². The van der Waals surface area contributed by atoms with Gasteiger partial charge in [0, 0.05) is 31.6 Å². The van der Waals surface area contributed by atoms with E-state index in [1.165, 1.54) is 0 Å². The summed E-state index contributed by atoms with van der Waals surface area (Å²) in [5, 5.41) is 10.4. The summed E-state index contributed by atoms with van der Waals surface area (Å²) in [6.45, 7) is 3.68. The molecule has 0 saturated carbocycles. The average molecular weight is 496 g/mol. The third kappa shape index (κ3) is 7.77. The van der Waals surface area contributed by atoms with Gasteiger partial charge in [-0.3, -0.25) is 9.69 Å². The monoisotopic (exact) mass is 495 g/mol. The first-order valence-electron chi connectivity index (χ1n) is 11.1. The Balaban J connectivity index is 0.00000408. The highest BCUT2D eigenvalue weighted by molar-refractivity contribution is 5.96. The first-order valence-corrected chi connectivity index (χ1v) is 11.1. The Bertz CT molecular complexity index is 918. The topological polar surface area (TPSA) is 86.7 Å². The fourth-order valence-electron chi connectivity index (χ4n) is 3.72. The number of methoxy groups -OCH3 is 3. The minimum absolute atomic E-state index is 0. The van der Waals surface area contributed by atoms with E-state index in [2.05, 4.69) is 4.90 Å². The Morgan fingerprint density at radius 3 is 2.29 bits per heavy atom. The van der Waals surface area contributed by atoms with E-state index in [1.54, 1.807) is 39.5 Å².